The molecule has 0 aromatic heterocycles. The molecular weight excluding hydrogens is 457 g/mol. The third kappa shape index (κ3) is 6.05. The lowest BCUT2D eigenvalue weighted by Crippen LogP contribution is -2.41. The quantitative estimate of drug-likeness (QED) is 0.628. The fourth-order valence-electron chi connectivity index (χ4n) is 3.46. The summed E-state index contributed by atoms with van der Waals surface area (Å²) in [6.45, 7) is 2.79. The number of piperidine rings is 1. The number of carbonyl (C=O) groups is 1. The number of rotatable bonds is 7. The summed E-state index contributed by atoms with van der Waals surface area (Å²) < 4.78 is 65.8. The molecule has 0 bridgehead atoms. The van der Waals surface area contributed by atoms with Crippen molar-refractivity contribution in [3.63, 3.8) is 0 Å². The third-order valence-electron chi connectivity index (χ3n) is 5.42. The van der Waals surface area contributed by atoms with E-state index in [1.165, 1.54) is 41.8 Å². The summed E-state index contributed by atoms with van der Waals surface area (Å²) in [5.41, 5.74) is 0.790. The second kappa shape index (κ2) is 9.55. The first-order chi connectivity index (χ1) is 15.0. The van der Waals surface area contributed by atoms with Crippen LogP contribution in [0.2, 0.25) is 0 Å². The van der Waals surface area contributed by atoms with Gasteiger partial charge in [-0.1, -0.05) is 12.1 Å². The maximum Gasteiger partial charge on any atom is 0.261 e. The summed E-state index contributed by atoms with van der Waals surface area (Å²) in [6, 6.07) is 9.66. The van der Waals surface area contributed by atoms with Crippen LogP contribution in [-0.2, 0) is 20.0 Å². The highest BCUT2D eigenvalue weighted by Gasteiger charge is 2.25. The van der Waals surface area contributed by atoms with Gasteiger partial charge in [-0.25, -0.2) is 25.5 Å². The number of aryl methyl sites for hydroxylation is 1. The van der Waals surface area contributed by atoms with Crippen molar-refractivity contribution in [1.82, 2.24) is 9.62 Å². The minimum atomic E-state index is -4.02. The molecule has 1 aliphatic rings. The number of carbonyl (C=O) groups excluding carboxylic acids is 1. The van der Waals surface area contributed by atoms with Crippen molar-refractivity contribution in [3.8, 4) is 0 Å². The minimum Gasteiger partial charge on any atom is -0.352 e. The maximum atomic E-state index is 13.8. The average molecular weight is 484 g/mol. The zero-order valence-corrected chi connectivity index (χ0v) is 19.5. The highest BCUT2D eigenvalue weighted by atomic mass is 32.2. The van der Waals surface area contributed by atoms with E-state index in [4.69, 9.17) is 0 Å². The fourth-order valence-corrected chi connectivity index (χ4v) is 5.40. The number of nitrogens with zero attached hydrogens (tertiary/aromatic N) is 1. The van der Waals surface area contributed by atoms with Crippen LogP contribution in [-0.4, -0.2) is 52.9 Å². The van der Waals surface area contributed by atoms with E-state index >= 15 is 0 Å². The van der Waals surface area contributed by atoms with Crippen molar-refractivity contribution in [2.24, 2.45) is 5.92 Å². The number of nitrogens with one attached hydrogen (secondary N) is 2. The van der Waals surface area contributed by atoms with Crippen molar-refractivity contribution in [2.45, 2.75) is 24.7 Å². The molecule has 0 aliphatic carbocycles. The Morgan fingerprint density at radius 1 is 1.09 bits per heavy atom. The second-order valence-electron chi connectivity index (χ2n) is 7.91. The van der Waals surface area contributed by atoms with E-state index in [0.717, 1.165) is 6.07 Å². The molecular formula is C21H26FN3O5S2. The first-order valence-electron chi connectivity index (χ1n) is 10.1. The van der Waals surface area contributed by atoms with Crippen molar-refractivity contribution >= 4 is 31.6 Å². The molecule has 1 saturated heterocycles. The number of halogens is 1. The standard InChI is InChI=1S/C21H26FN3O5S2/c1-15-6-7-19(13-20(15)22)32(29,30)24-18-5-3-4-17(12-18)21(26)23-14-16-8-10-25(11-9-16)31(2,27)28/h3-7,12-13,16,24H,8-11,14H2,1-2H3,(H,23,26). The molecule has 0 radical (unpaired) electrons. The van der Waals surface area contributed by atoms with Gasteiger partial charge in [-0.15, -0.1) is 0 Å². The van der Waals surface area contributed by atoms with E-state index in [-0.39, 0.29) is 28.0 Å². The van der Waals surface area contributed by atoms with Crippen LogP contribution in [0.4, 0.5) is 10.1 Å². The Labute approximate surface area is 187 Å². The molecule has 0 spiro atoms. The van der Waals surface area contributed by atoms with Crippen LogP contribution in [0, 0.1) is 18.7 Å². The molecule has 1 heterocycles. The minimum absolute atomic E-state index is 0.162. The van der Waals surface area contributed by atoms with Gasteiger partial charge in [0, 0.05) is 30.9 Å². The van der Waals surface area contributed by atoms with Crippen LogP contribution in [0.25, 0.3) is 0 Å². The van der Waals surface area contributed by atoms with Gasteiger partial charge in [0.15, 0.2) is 0 Å². The van der Waals surface area contributed by atoms with Gasteiger partial charge in [-0.2, -0.15) is 0 Å². The maximum absolute atomic E-state index is 13.8. The normalized spacial score (nSPS) is 16.0. The number of hydrogen-bond acceptors (Lipinski definition) is 5. The SMILES string of the molecule is Cc1ccc(S(=O)(=O)Nc2cccc(C(=O)NCC3CCN(S(C)(=O)=O)CC3)c2)cc1F. The summed E-state index contributed by atoms with van der Waals surface area (Å²) in [6.07, 6.45) is 2.49. The van der Waals surface area contributed by atoms with E-state index in [2.05, 4.69) is 10.0 Å². The van der Waals surface area contributed by atoms with Crippen molar-refractivity contribution in [1.29, 1.82) is 0 Å². The van der Waals surface area contributed by atoms with E-state index in [9.17, 15) is 26.0 Å². The summed E-state index contributed by atoms with van der Waals surface area (Å²) in [5, 5.41) is 2.82. The monoisotopic (exact) mass is 483 g/mol. The fraction of sp³-hybridized carbons (Fsp3) is 0.381. The number of anilines is 1. The molecule has 1 aliphatic heterocycles. The van der Waals surface area contributed by atoms with Crippen molar-refractivity contribution in [2.75, 3.05) is 30.6 Å². The van der Waals surface area contributed by atoms with Gasteiger partial charge in [0.1, 0.15) is 5.82 Å². The molecule has 1 amide bonds. The summed E-state index contributed by atoms with van der Waals surface area (Å²) in [4.78, 5) is 12.3. The molecule has 32 heavy (non-hydrogen) atoms. The number of benzene rings is 2. The van der Waals surface area contributed by atoms with Crippen LogP contribution in [0.1, 0.15) is 28.8 Å². The predicted octanol–water partition coefficient (Wildman–Crippen LogP) is 2.34. The van der Waals surface area contributed by atoms with Crippen LogP contribution in [0.15, 0.2) is 47.4 Å². The number of sulfonamides is 2. The molecule has 8 nitrogen and oxygen atoms in total. The van der Waals surface area contributed by atoms with Gasteiger partial charge in [-0.05, 0) is 61.6 Å². The van der Waals surface area contributed by atoms with Crippen LogP contribution in [0.5, 0.6) is 0 Å². The Kier molecular flexibility index (Phi) is 7.21. The molecule has 1 fully saturated rings. The Morgan fingerprint density at radius 2 is 1.78 bits per heavy atom. The molecule has 0 atom stereocenters. The largest absolute Gasteiger partial charge is 0.352 e. The Morgan fingerprint density at radius 3 is 2.41 bits per heavy atom. The highest BCUT2D eigenvalue weighted by molar-refractivity contribution is 7.92. The lowest BCUT2D eigenvalue weighted by Gasteiger charge is -2.30. The van der Waals surface area contributed by atoms with E-state index < -0.39 is 25.9 Å². The van der Waals surface area contributed by atoms with Gasteiger partial charge in [0.2, 0.25) is 10.0 Å². The molecule has 0 unspecified atom stereocenters. The molecule has 11 heteroatoms. The summed E-state index contributed by atoms with van der Waals surface area (Å²) in [7, 11) is -7.22. The van der Waals surface area contributed by atoms with Crippen molar-refractivity contribution < 1.29 is 26.0 Å². The lowest BCUT2D eigenvalue weighted by molar-refractivity contribution is 0.0941. The number of hydrogen-bond donors (Lipinski definition) is 2. The Hall–Kier alpha value is -2.50. The smallest absolute Gasteiger partial charge is 0.261 e. The second-order valence-corrected chi connectivity index (χ2v) is 11.6. The highest BCUT2D eigenvalue weighted by Crippen LogP contribution is 2.21. The van der Waals surface area contributed by atoms with Gasteiger partial charge in [-0.3, -0.25) is 9.52 Å². The summed E-state index contributed by atoms with van der Waals surface area (Å²) >= 11 is 0. The van der Waals surface area contributed by atoms with Gasteiger partial charge < -0.3 is 5.32 Å². The molecule has 174 valence electrons. The first-order valence-corrected chi connectivity index (χ1v) is 13.4. The average Bonchev–Trinajstić information content (AvgIpc) is 2.73. The van der Waals surface area contributed by atoms with Crippen LogP contribution >= 0.6 is 0 Å². The molecule has 2 aromatic carbocycles. The first kappa shape index (κ1) is 24.1. The molecule has 3 rings (SSSR count). The molecule has 2 aromatic rings. The molecule has 0 saturated carbocycles. The third-order valence-corrected chi connectivity index (χ3v) is 8.11. The zero-order chi connectivity index (χ0) is 23.5. The summed E-state index contributed by atoms with van der Waals surface area (Å²) in [5.74, 6) is -0.823. The molecule has 2 N–H and O–H groups in total. The van der Waals surface area contributed by atoms with Gasteiger partial charge in [0.25, 0.3) is 15.9 Å². The Bertz CT molecular complexity index is 1210. The van der Waals surface area contributed by atoms with E-state index in [0.29, 0.717) is 38.0 Å². The van der Waals surface area contributed by atoms with Crippen molar-refractivity contribution in [3.05, 3.63) is 59.4 Å². The van der Waals surface area contributed by atoms with E-state index in [1.54, 1.807) is 12.1 Å². The van der Waals surface area contributed by atoms with Gasteiger partial charge in [0.05, 0.1) is 11.2 Å². The van der Waals surface area contributed by atoms with Crippen LogP contribution < -0.4 is 10.0 Å². The number of amides is 1. The Balaban J connectivity index is 1.60. The predicted molar refractivity (Wildman–Crippen MR) is 120 cm³/mol. The van der Waals surface area contributed by atoms with Gasteiger partial charge >= 0.3 is 0 Å². The topological polar surface area (TPSA) is 113 Å². The van der Waals surface area contributed by atoms with Crippen LogP contribution in [0.3, 0.4) is 0 Å². The van der Waals surface area contributed by atoms with E-state index in [1.807, 2.05) is 0 Å². The lowest BCUT2D eigenvalue weighted by atomic mass is 9.98. The zero-order valence-electron chi connectivity index (χ0n) is 17.8.